The smallest absolute Gasteiger partial charge is 0.123 e. The van der Waals surface area contributed by atoms with Gasteiger partial charge < -0.3 is 5.32 Å². The number of halogens is 1. The molecule has 0 bridgehead atoms. The molecule has 0 amide bonds. The van der Waals surface area contributed by atoms with Crippen molar-refractivity contribution < 1.29 is 4.39 Å². The second kappa shape index (κ2) is 6.48. The molecule has 1 atom stereocenters. The van der Waals surface area contributed by atoms with Crippen molar-refractivity contribution in [2.75, 3.05) is 6.54 Å². The Kier molecular flexibility index (Phi) is 4.69. The van der Waals surface area contributed by atoms with Crippen molar-refractivity contribution in [3.8, 4) is 0 Å². The average Bonchev–Trinajstić information content (AvgIpc) is 2.38. The van der Waals surface area contributed by atoms with Gasteiger partial charge in [-0.05, 0) is 48.7 Å². The van der Waals surface area contributed by atoms with Gasteiger partial charge >= 0.3 is 0 Å². The van der Waals surface area contributed by atoms with Gasteiger partial charge in [0.15, 0.2) is 0 Å². The summed E-state index contributed by atoms with van der Waals surface area (Å²) < 4.78 is 13.5. The van der Waals surface area contributed by atoms with Crippen LogP contribution in [0.4, 0.5) is 4.39 Å². The fourth-order valence-electron chi connectivity index (χ4n) is 2.37. The average molecular weight is 257 g/mol. The first-order chi connectivity index (χ1) is 9.19. The zero-order chi connectivity index (χ0) is 13.7. The zero-order valence-electron chi connectivity index (χ0n) is 11.5. The number of benzene rings is 2. The first kappa shape index (κ1) is 13.8. The minimum Gasteiger partial charge on any atom is -0.310 e. The first-order valence-corrected chi connectivity index (χ1v) is 6.73. The lowest BCUT2D eigenvalue weighted by Crippen LogP contribution is -2.23. The molecule has 2 rings (SSSR count). The lowest BCUT2D eigenvalue weighted by atomic mass is 9.97. The van der Waals surface area contributed by atoms with Crippen LogP contribution in [-0.2, 0) is 6.42 Å². The highest BCUT2D eigenvalue weighted by Gasteiger charge is 2.12. The summed E-state index contributed by atoms with van der Waals surface area (Å²) in [6.07, 6.45) is 0.873. The Balaban J connectivity index is 2.24. The number of hydrogen-bond donors (Lipinski definition) is 1. The van der Waals surface area contributed by atoms with Crippen LogP contribution in [0.1, 0.15) is 29.7 Å². The van der Waals surface area contributed by atoms with Gasteiger partial charge in [-0.3, -0.25) is 0 Å². The number of likely N-dealkylation sites (N-methyl/N-ethyl adjacent to an activating group) is 1. The highest BCUT2D eigenvalue weighted by molar-refractivity contribution is 5.28. The lowest BCUT2D eigenvalue weighted by molar-refractivity contribution is 0.542. The normalized spacial score (nSPS) is 12.4. The first-order valence-electron chi connectivity index (χ1n) is 6.73. The molecule has 0 aromatic heterocycles. The van der Waals surface area contributed by atoms with E-state index in [1.807, 2.05) is 25.1 Å². The number of rotatable bonds is 5. The maximum atomic E-state index is 13.5. The van der Waals surface area contributed by atoms with Crippen molar-refractivity contribution in [1.82, 2.24) is 5.32 Å². The van der Waals surface area contributed by atoms with Gasteiger partial charge in [-0.25, -0.2) is 4.39 Å². The fraction of sp³-hybridized carbons (Fsp3) is 0.294. The molecular formula is C17H20FN. The van der Waals surface area contributed by atoms with Crippen molar-refractivity contribution in [2.45, 2.75) is 26.3 Å². The van der Waals surface area contributed by atoms with Crippen LogP contribution in [0.5, 0.6) is 0 Å². The second-order valence-electron chi connectivity index (χ2n) is 4.86. The molecule has 0 spiro atoms. The third kappa shape index (κ3) is 3.90. The molecule has 0 saturated heterocycles. The van der Waals surface area contributed by atoms with E-state index in [4.69, 9.17) is 0 Å². The summed E-state index contributed by atoms with van der Waals surface area (Å²) in [6, 6.07) is 15.7. The molecule has 1 nitrogen and oxygen atoms in total. The Bertz CT molecular complexity index is 502. The van der Waals surface area contributed by atoms with Gasteiger partial charge in [0.1, 0.15) is 5.82 Å². The largest absolute Gasteiger partial charge is 0.310 e. The van der Waals surface area contributed by atoms with Crippen LogP contribution in [0.15, 0.2) is 48.5 Å². The Morgan fingerprint density at radius 3 is 2.47 bits per heavy atom. The van der Waals surface area contributed by atoms with E-state index in [-0.39, 0.29) is 11.9 Å². The van der Waals surface area contributed by atoms with Gasteiger partial charge in [-0.1, -0.05) is 43.3 Å². The summed E-state index contributed by atoms with van der Waals surface area (Å²) in [6.45, 7) is 4.87. The van der Waals surface area contributed by atoms with Crippen LogP contribution in [0.3, 0.4) is 0 Å². The van der Waals surface area contributed by atoms with Gasteiger partial charge in [0.25, 0.3) is 0 Å². The summed E-state index contributed by atoms with van der Waals surface area (Å²) in [5, 5.41) is 3.44. The molecule has 2 heteroatoms. The number of aryl methyl sites for hydroxylation is 1. The molecule has 0 radical (unpaired) electrons. The minimum atomic E-state index is -0.161. The number of nitrogens with one attached hydrogen (secondary N) is 1. The van der Waals surface area contributed by atoms with Gasteiger partial charge in [-0.2, -0.15) is 0 Å². The summed E-state index contributed by atoms with van der Waals surface area (Å²) in [4.78, 5) is 0. The minimum absolute atomic E-state index is 0.154. The van der Waals surface area contributed by atoms with Crippen LogP contribution < -0.4 is 5.32 Å². The molecule has 2 aromatic carbocycles. The number of hydrogen-bond acceptors (Lipinski definition) is 1. The van der Waals surface area contributed by atoms with Crippen molar-refractivity contribution in [3.63, 3.8) is 0 Å². The maximum absolute atomic E-state index is 13.5. The van der Waals surface area contributed by atoms with Crippen LogP contribution >= 0.6 is 0 Å². The fourth-order valence-corrected chi connectivity index (χ4v) is 2.37. The Morgan fingerprint density at radius 2 is 1.84 bits per heavy atom. The van der Waals surface area contributed by atoms with E-state index < -0.39 is 0 Å². The predicted octanol–water partition coefficient (Wildman–Crippen LogP) is 4.03. The van der Waals surface area contributed by atoms with Crippen LogP contribution in [-0.4, -0.2) is 6.54 Å². The molecule has 0 aliphatic heterocycles. The summed E-state index contributed by atoms with van der Waals surface area (Å²) in [5.41, 5.74) is 3.24. The van der Waals surface area contributed by atoms with Crippen molar-refractivity contribution >= 4 is 0 Å². The van der Waals surface area contributed by atoms with Crippen molar-refractivity contribution in [3.05, 3.63) is 71.0 Å². The molecule has 0 heterocycles. The highest BCUT2D eigenvalue weighted by Crippen LogP contribution is 2.20. The monoisotopic (exact) mass is 257 g/mol. The SMILES string of the molecule is CCNC(Cc1ccccc1)c1cc(C)cc(F)c1. The van der Waals surface area contributed by atoms with E-state index in [2.05, 4.69) is 30.4 Å². The zero-order valence-corrected chi connectivity index (χ0v) is 11.5. The summed E-state index contributed by atoms with van der Waals surface area (Å²) >= 11 is 0. The van der Waals surface area contributed by atoms with E-state index >= 15 is 0 Å². The van der Waals surface area contributed by atoms with E-state index in [1.54, 1.807) is 12.1 Å². The molecule has 100 valence electrons. The molecule has 0 aliphatic carbocycles. The molecule has 2 aromatic rings. The molecule has 0 aliphatic rings. The van der Waals surface area contributed by atoms with E-state index in [0.717, 1.165) is 24.1 Å². The molecule has 1 N–H and O–H groups in total. The molecule has 19 heavy (non-hydrogen) atoms. The topological polar surface area (TPSA) is 12.0 Å². The van der Waals surface area contributed by atoms with Gasteiger partial charge in [0, 0.05) is 6.04 Å². The van der Waals surface area contributed by atoms with E-state index in [0.29, 0.717) is 0 Å². The molecule has 0 fully saturated rings. The lowest BCUT2D eigenvalue weighted by Gasteiger charge is -2.19. The molecule has 1 unspecified atom stereocenters. The van der Waals surface area contributed by atoms with Crippen molar-refractivity contribution in [2.24, 2.45) is 0 Å². The Labute approximate surface area is 114 Å². The van der Waals surface area contributed by atoms with Gasteiger partial charge in [-0.15, -0.1) is 0 Å². The Morgan fingerprint density at radius 1 is 1.11 bits per heavy atom. The Hall–Kier alpha value is -1.67. The van der Waals surface area contributed by atoms with Gasteiger partial charge in [0.05, 0.1) is 0 Å². The summed E-state index contributed by atoms with van der Waals surface area (Å²) in [5.74, 6) is -0.161. The van der Waals surface area contributed by atoms with Crippen molar-refractivity contribution in [1.29, 1.82) is 0 Å². The highest BCUT2D eigenvalue weighted by atomic mass is 19.1. The maximum Gasteiger partial charge on any atom is 0.123 e. The standard InChI is InChI=1S/C17H20FN/c1-3-19-17(11-14-7-5-4-6-8-14)15-9-13(2)10-16(18)12-15/h4-10,12,17,19H,3,11H2,1-2H3. The quantitative estimate of drug-likeness (QED) is 0.852. The van der Waals surface area contributed by atoms with Gasteiger partial charge in [0.2, 0.25) is 0 Å². The van der Waals surface area contributed by atoms with Crippen LogP contribution in [0.25, 0.3) is 0 Å². The van der Waals surface area contributed by atoms with E-state index in [1.165, 1.54) is 5.56 Å². The second-order valence-corrected chi connectivity index (χ2v) is 4.86. The summed E-state index contributed by atoms with van der Waals surface area (Å²) in [7, 11) is 0. The predicted molar refractivity (Wildman–Crippen MR) is 77.7 cm³/mol. The third-order valence-electron chi connectivity index (χ3n) is 3.20. The molecule has 0 saturated carbocycles. The molecular weight excluding hydrogens is 237 g/mol. The third-order valence-corrected chi connectivity index (χ3v) is 3.20. The van der Waals surface area contributed by atoms with Crippen LogP contribution in [0, 0.1) is 12.7 Å². The van der Waals surface area contributed by atoms with E-state index in [9.17, 15) is 4.39 Å². The van der Waals surface area contributed by atoms with Crippen LogP contribution in [0.2, 0.25) is 0 Å².